The first-order valence-electron chi connectivity index (χ1n) is 5.53. The average molecular weight is 198 g/mol. The summed E-state index contributed by atoms with van der Waals surface area (Å²) in [6.07, 6.45) is 1.11. The summed E-state index contributed by atoms with van der Waals surface area (Å²) in [4.78, 5) is 0. The molecule has 0 bridgehead atoms. The third kappa shape index (κ3) is 1.65. The minimum Gasteiger partial charge on any atom is -0.0723 e. The van der Waals surface area contributed by atoms with Gasteiger partial charge >= 0.3 is 0 Å². The van der Waals surface area contributed by atoms with Crippen LogP contribution < -0.4 is 0 Å². The molecule has 0 nitrogen and oxygen atoms in total. The summed E-state index contributed by atoms with van der Waals surface area (Å²) in [6, 6.07) is 8.76. The normalized spacial score (nSPS) is 14.1. The van der Waals surface area contributed by atoms with Crippen LogP contribution in [-0.4, -0.2) is 0 Å². The van der Waals surface area contributed by atoms with E-state index in [9.17, 15) is 0 Å². The molecule has 0 atom stereocenters. The topological polar surface area (TPSA) is 0 Å². The highest BCUT2D eigenvalue weighted by Gasteiger charge is 2.21. The first kappa shape index (κ1) is 10.2. The van der Waals surface area contributed by atoms with E-state index in [0.717, 1.165) is 6.42 Å². The van der Waals surface area contributed by atoms with Crippen molar-refractivity contribution in [1.29, 1.82) is 0 Å². The summed E-state index contributed by atoms with van der Waals surface area (Å²) in [5.74, 6) is 0. The summed E-state index contributed by atoms with van der Waals surface area (Å²) in [5.41, 5.74) is 8.79. The van der Waals surface area contributed by atoms with Crippen LogP contribution in [0.4, 0.5) is 0 Å². The molecule has 0 radical (unpaired) electrons. The Morgan fingerprint density at radius 1 is 0.933 bits per heavy atom. The summed E-state index contributed by atoms with van der Waals surface area (Å²) in [7, 11) is 0. The Morgan fingerprint density at radius 2 is 1.60 bits per heavy atom. The van der Waals surface area contributed by atoms with Crippen molar-refractivity contribution in [1.82, 2.24) is 0 Å². The Bertz CT molecular complexity index is 451. The molecule has 15 heavy (non-hydrogen) atoms. The zero-order valence-corrected chi connectivity index (χ0v) is 10.0. The van der Waals surface area contributed by atoms with E-state index in [4.69, 9.17) is 0 Å². The van der Waals surface area contributed by atoms with E-state index in [1.54, 1.807) is 0 Å². The largest absolute Gasteiger partial charge is 0.0723 e. The molecule has 0 aliphatic heterocycles. The number of rotatable bonds is 0. The van der Waals surface area contributed by atoms with E-state index in [-0.39, 0.29) is 0 Å². The lowest BCUT2D eigenvalue weighted by molar-refractivity contribution is 1.19. The summed E-state index contributed by atoms with van der Waals surface area (Å²) < 4.78 is 0. The molecule has 1 aromatic carbocycles. The van der Waals surface area contributed by atoms with Gasteiger partial charge in [0, 0.05) is 0 Å². The maximum absolute atomic E-state index is 2.24. The second-order valence-electron chi connectivity index (χ2n) is 4.69. The molecule has 1 aliphatic rings. The third-order valence-electron chi connectivity index (χ3n) is 3.06. The molecule has 0 N–H and O–H groups in total. The number of hydrogen-bond donors (Lipinski definition) is 0. The molecule has 0 spiro atoms. The van der Waals surface area contributed by atoms with Gasteiger partial charge in [0.15, 0.2) is 0 Å². The highest BCUT2D eigenvalue weighted by Crippen LogP contribution is 2.39. The van der Waals surface area contributed by atoms with E-state index in [1.807, 2.05) is 0 Å². The second-order valence-corrected chi connectivity index (χ2v) is 4.69. The van der Waals surface area contributed by atoms with E-state index in [0.29, 0.717) is 0 Å². The number of benzene rings is 1. The van der Waals surface area contributed by atoms with Gasteiger partial charge in [0.05, 0.1) is 0 Å². The van der Waals surface area contributed by atoms with E-state index in [1.165, 1.54) is 33.4 Å². The van der Waals surface area contributed by atoms with Crippen molar-refractivity contribution in [3.05, 3.63) is 52.1 Å². The number of hydrogen-bond acceptors (Lipinski definition) is 0. The molecule has 1 aromatic rings. The Kier molecular flexibility index (Phi) is 2.52. The fourth-order valence-electron chi connectivity index (χ4n) is 2.36. The standard InChI is InChI=1S/C15H18/c1-10(2)14-9-12-7-5-6-8-13(12)15(14)11(3)4/h5-8H,9H2,1-4H3. The lowest BCUT2D eigenvalue weighted by atomic mass is 9.98. The third-order valence-corrected chi connectivity index (χ3v) is 3.06. The van der Waals surface area contributed by atoms with Gasteiger partial charge < -0.3 is 0 Å². The van der Waals surface area contributed by atoms with Gasteiger partial charge in [0.2, 0.25) is 0 Å². The van der Waals surface area contributed by atoms with Crippen LogP contribution in [0.3, 0.4) is 0 Å². The van der Waals surface area contributed by atoms with E-state index >= 15 is 0 Å². The molecule has 78 valence electrons. The van der Waals surface area contributed by atoms with Crippen molar-refractivity contribution in [2.24, 2.45) is 0 Å². The van der Waals surface area contributed by atoms with Gasteiger partial charge in [0.25, 0.3) is 0 Å². The molecule has 2 rings (SSSR count). The van der Waals surface area contributed by atoms with Crippen molar-refractivity contribution >= 4 is 5.57 Å². The van der Waals surface area contributed by atoms with Crippen molar-refractivity contribution in [3.8, 4) is 0 Å². The molecule has 0 heteroatoms. The van der Waals surface area contributed by atoms with Gasteiger partial charge in [-0.2, -0.15) is 0 Å². The molecule has 0 fully saturated rings. The first-order chi connectivity index (χ1) is 7.11. The summed E-state index contributed by atoms with van der Waals surface area (Å²) in [5, 5.41) is 0. The smallest absolute Gasteiger partial charge is 0.00141 e. The predicted octanol–water partition coefficient (Wildman–Crippen LogP) is 4.37. The Labute approximate surface area is 92.3 Å². The number of fused-ring (bicyclic) bond motifs is 1. The highest BCUT2D eigenvalue weighted by atomic mass is 14.3. The van der Waals surface area contributed by atoms with Crippen molar-refractivity contribution < 1.29 is 0 Å². The quantitative estimate of drug-likeness (QED) is 0.580. The molecule has 1 aliphatic carbocycles. The fourth-order valence-corrected chi connectivity index (χ4v) is 2.36. The molecule has 0 unspecified atom stereocenters. The lowest BCUT2D eigenvalue weighted by Crippen LogP contribution is -1.87. The van der Waals surface area contributed by atoms with Crippen LogP contribution in [0.15, 0.2) is 41.0 Å². The van der Waals surface area contributed by atoms with Crippen LogP contribution in [0.2, 0.25) is 0 Å². The van der Waals surface area contributed by atoms with Crippen molar-refractivity contribution in [2.75, 3.05) is 0 Å². The van der Waals surface area contributed by atoms with Gasteiger partial charge in [0.1, 0.15) is 0 Å². The zero-order chi connectivity index (χ0) is 11.0. The van der Waals surface area contributed by atoms with Gasteiger partial charge in [-0.15, -0.1) is 0 Å². The predicted molar refractivity (Wildman–Crippen MR) is 66.8 cm³/mol. The molecule has 0 amide bonds. The summed E-state index contributed by atoms with van der Waals surface area (Å²) in [6.45, 7) is 8.84. The molecule has 0 saturated heterocycles. The van der Waals surface area contributed by atoms with Gasteiger partial charge in [-0.1, -0.05) is 35.4 Å². The van der Waals surface area contributed by atoms with Crippen LogP contribution in [-0.2, 0) is 6.42 Å². The van der Waals surface area contributed by atoms with Crippen molar-refractivity contribution in [3.63, 3.8) is 0 Å². The van der Waals surface area contributed by atoms with Gasteiger partial charge in [-0.25, -0.2) is 0 Å². The molecule has 0 saturated carbocycles. The minimum absolute atomic E-state index is 1.11. The first-order valence-corrected chi connectivity index (χ1v) is 5.53. The Morgan fingerprint density at radius 3 is 2.20 bits per heavy atom. The maximum Gasteiger partial charge on any atom is -0.00141 e. The van der Waals surface area contributed by atoms with E-state index in [2.05, 4.69) is 52.0 Å². The molecule has 0 heterocycles. The Balaban J connectivity index is 2.69. The summed E-state index contributed by atoms with van der Waals surface area (Å²) >= 11 is 0. The fraction of sp³-hybridized carbons (Fsp3) is 0.333. The van der Waals surface area contributed by atoms with Crippen molar-refractivity contribution in [2.45, 2.75) is 34.1 Å². The van der Waals surface area contributed by atoms with Gasteiger partial charge in [-0.3, -0.25) is 0 Å². The number of allylic oxidation sites excluding steroid dienone is 4. The minimum atomic E-state index is 1.11. The van der Waals surface area contributed by atoms with Crippen LogP contribution in [0.25, 0.3) is 5.57 Å². The molecule has 0 aromatic heterocycles. The molecular weight excluding hydrogens is 180 g/mol. The maximum atomic E-state index is 2.24. The van der Waals surface area contributed by atoms with Gasteiger partial charge in [-0.05, 0) is 56.4 Å². The van der Waals surface area contributed by atoms with Crippen LogP contribution in [0, 0.1) is 0 Å². The van der Waals surface area contributed by atoms with Crippen LogP contribution in [0.1, 0.15) is 38.8 Å². The van der Waals surface area contributed by atoms with E-state index < -0.39 is 0 Å². The zero-order valence-electron chi connectivity index (χ0n) is 10.0. The lowest BCUT2D eigenvalue weighted by Gasteiger charge is -2.07. The van der Waals surface area contributed by atoms with Crippen LogP contribution in [0.5, 0.6) is 0 Å². The average Bonchev–Trinajstić information content (AvgIpc) is 2.56. The molecular formula is C15H18. The second kappa shape index (κ2) is 3.69. The monoisotopic (exact) mass is 198 g/mol. The SMILES string of the molecule is CC(C)=C1Cc2ccccc2C1=C(C)C. The Hall–Kier alpha value is -1.30. The van der Waals surface area contributed by atoms with Crippen LogP contribution >= 0.6 is 0 Å². The highest BCUT2D eigenvalue weighted by molar-refractivity contribution is 5.88.